The van der Waals surface area contributed by atoms with Gasteiger partial charge in [-0.1, -0.05) is 0 Å². The smallest absolute Gasteiger partial charge is 0.371 e. The number of hydrogen-bond acceptors (Lipinski definition) is 3. The van der Waals surface area contributed by atoms with Gasteiger partial charge in [-0.3, -0.25) is 10.1 Å². The van der Waals surface area contributed by atoms with E-state index in [0.29, 0.717) is 18.7 Å². The molecule has 1 aromatic rings. The lowest BCUT2D eigenvalue weighted by molar-refractivity contribution is -0.385. The third-order valence-corrected chi connectivity index (χ3v) is 3.70. The first-order chi connectivity index (χ1) is 9.29. The summed E-state index contributed by atoms with van der Waals surface area (Å²) in [7, 11) is 0. The number of piperidine rings is 1. The van der Waals surface area contributed by atoms with Crippen LogP contribution in [0.15, 0.2) is 18.2 Å². The van der Waals surface area contributed by atoms with Gasteiger partial charge in [-0.25, -0.2) is 0 Å². The molecule has 0 saturated carbocycles. The molecule has 0 spiro atoms. The van der Waals surface area contributed by atoms with Gasteiger partial charge in [-0.05, 0) is 31.9 Å². The van der Waals surface area contributed by atoms with Gasteiger partial charge in [0.25, 0.3) is 5.69 Å². The minimum Gasteiger partial charge on any atom is -0.371 e. The van der Waals surface area contributed by atoms with E-state index in [1.165, 1.54) is 6.07 Å². The lowest BCUT2D eigenvalue weighted by atomic mass is 9.96. The van der Waals surface area contributed by atoms with Crippen molar-refractivity contribution in [2.45, 2.75) is 25.9 Å². The van der Waals surface area contributed by atoms with Crippen LogP contribution < -0.4 is 4.90 Å². The van der Waals surface area contributed by atoms with Crippen LogP contribution >= 0.6 is 0 Å². The van der Waals surface area contributed by atoms with Crippen molar-refractivity contribution in [1.29, 1.82) is 0 Å². The fourth-order valence-electron chi connectivity index (χ4n) is 2.51. The second-order valence-electron chi connectivity index (χ2n) is 5.03. The first-order valence-corrected chi connectivity index (χ1v) is 6.35. The molecule has 1 saturated heterocycles. The highest BCUT2D eigenvalue weighted by Crippen LogP contribution is 2.36. The molecule has 2 rings (SSSR count). The van der Waals surface area contributed by atoms with Gasteiger partial charge in [0.2, 0.25) is 0 Å². The number of benzene rings is 1. The Balaban J connectivity index is 2.08. The molecule has 0 N–H and O–H groups in total. The summed E-state index contributed by atoms with van der Waals surface area (Å²) in [6, 6.07) is 4.66. The van der Waals surface area contributed by atoms with E-state index < -0.39 is 17.0 Å². The van der Waals surface area contributed by atoms with Crippen LogP contribution in [0.3, 0.4) is 0 Å². The standard InChI is InChI=1S/C13H15F3N2O2/c1-9-8-11(2-3-12(9)18(19)20)17-6-4-10(5-7-17)13(14,15)16/h2-3,8,10H,4-7H2,1H3. The molecule has 7 heteroatoms. The predicted molar refractivity (Wildman–Crippen MR) is 68.8 cm³/mol. The lowest BCUT2D eigenvalue weighted by Gasteiger charge is -2.34. The molecule has 1 fully saturated rings. The minimum absolute atomic E-state index is 0.0268. The number of hydrogen-bond donors (Lipinski definition) is 0. The normalized spacial score (nSPS) is 17.3. The molecule has 0 radical (unpaired) electrons. The molecule has 4 nitrogen and oxygen atoms in total. The van der Waals surface area contributed by atoms with Gasteiger partial charge in [0.15, 0.2) is 0 Å². The summed E-state index contributed by atoms with van der Waals surface area (Å²) < 4.78 is 37.7. The van der Waals surface area contributed by atoms with Crippen LogP contribution in [0.5, 0.6) is 0 Å². The number of halogens is 3. The Hall–Kier alpha value is -1.79. The summed E-state index contributed by atoms with van der Waals surface area (Å²) in [6.45, 7) is 2.27. The number of rotatable bonds is 2. The molecule has 1 heterocycles. The van der Waals surface area contributed by atoms with Crippen LogP contribution in [-0.4, -0.2) is 24.2 Å². The number of nitro benzene ring substituents is 1. The molecular weight excluding hydrogens is 273 g/mol. The Labute approximate surface area is 114 Å². The van der Waals surface area contributed by atoms with Crippen LogP contribution in [0.2, 0.25) is 0 Å². The SMILES string of the molecule is Cc1cc(N2CCC(C(F)(F)F)CC2)ccc1[N+](=O)[O-]. The van der Waals surface area contributed by atoms with Crippen molar-refractivity contribution in [1.82, 2.24) is 0 Å². The lowest BCUT2D eigenvalue weighted by Crippen LogP contribution is -2.39. The summed E-state index contributed by atoms with van der Waals surface area (Å²) in [5, 5.41) is 10.7. The van der Waals surface area contributed by atoms with Gasteiger partial charge in [-0.15, -0.1) is 0 Å². The van der Waals surface area contributed by atoms with Crippen molar-refractivity contribution in [2.24, 2.45) is 5.92 Å². The summed E-state index contributed by atoms with van der Waals surface area (Å²) in [6.07, 6.45) is -3.99. The topological polar surface area (TPSA) is 46.4 Å². The Bertz CT molecular complexity index is 509. The Morgan fingerprint density at radius 2 is 1.90 bits per heavy atom. The quantitative estimate of drug-likeness (QED) is 0.616. The number of aryl methyl sites for hydroxylation is 1. The summed E-state index contributed by atoms with van der Waals surface area (Å²) >= 11 is 0. The van der Waals surface area contributed by atoms with Crippen LogP contribution in [0.25, 0.3) is 0 Å². The maximum Gasteiger partial charge on any atom is 0.391 e. The van der Waals surface area contributed by atoms with Gasteiger partial charge < -0.3 is 4.90 Å². The first-order valence-electron chi connectivity index (χ1n) is 6.35. The molecule has 110 valence electrons. The minimum atomic E-state index is -4.13. The molecule has 0 aromatic heterocycles. The molecule has 1 aromatic carbocycles. The molecule has 0 unspecified atom stereocenters. The van der Waals surface area contributed by atoms with Crippen LogP contribution in [-0.2, 0) is 0 Å². The van der Waals surface area contributed by atoms with Crippen molar-refractivity contribution in [3.63, 3.8) is 0 Å². The molecule has 1 aliphatic rings. The van der Waals surface area contributed by atoms with E-state index >= 15 is 0 Å². The van der Waals surface area contributed by atoms with Gasteiger partial charge in [0, 0.05) is 30.4 Å². The van der Waals surface area contributed by atoms with Gasteiger partial charge in [0.1, 0.15) is 0 Å². The zero-order valence-electron chi connectivity index (χ0n) is 11.0. The predicted octanol–water partition coefficient (Wildman–Crippen LogP) is 3.68. The second kappa shape index (κ2) is 5.30. The highest BCUT2D eigenvalue weighted by atomic mass is 19.4. The van der Waals surface area contributed by atoms with E-state index in [1.807, 2.05) is 4.90 Å². The van der Waals surface area contributed by atoms with Crippen LogP contribution in [0, 0.1) is 23.0 Å². The average molecular weight is 288 g/mol. The summed E-state index contributed by atoms with van der Waals surface area (Å²) in [4.78, 5) is 12.1. The van der Waals surface area contributed by atoms with Crippen molar-refractivity contribution in [3.05, 3.63) is 33.9 Å². The van der Waals surface area contributed by atoms with E-state index in [2.05, 4.69) is 0 Å². The third-order valence-electron chi connectivity index (χ3n) is 3.70. The number of nitrogens with zero attached hydrogens (tertiary/aromatic N) is 2. The number of nitro groups is 1. The number of alkyl halides is 3. The van der Waals surface area contributed by atoms with E-state index in [1.54, 1.807) is 19.1 Å². The monoisotopic (exact) mass is 288 g/mol. The summed E-state index contributed by atoms with van der Waals surface area (Å²) in [5.74, 6) is -1.24. The van der Waals surface area contributed by atoms with Crippen LogP contribution in [0.1, 0.15) is 18.4 Å². The second-order valence-corrected chi connectivity index (χ2v) is 5.03. The average Bonchev–Trinajstić information content (AvgIpc) is 2.37. The summed E-state index contributed by atoms with van der Waals surface area (Å²) in [5.41, 5.74) is 1.29. The van der Waals surface area contributed by atoms with E-state index in [9.17, 15) is 23.3 Å². The molecular formula is C13H15F3N2O2. The molecule has 0 aliphatic carbocycles. The Kier molecular flexibility index (Phi) is 3.87. The van der Waals surface area contributed by atoms with Gasteiger partial charge in [-0.2, -0.15) is 13.2 Å². The van der Waals surface area contributed by atoms with Gasteiger partial charge in [0.05, 0.1) is 10.8 Å². The first kappa shape index (κ1) is 14.6. The van der Waals surface area contributed by atoms with E-state index in [-0.39, 0.29) is 18.5 Å². The molecule has 0 atom stereocenters. The molecule has 1 aliphatic heterocycles. The van der Waals surface area contributed by atoms with Crippen molar-refractivity contribution >= 4 is 11.4 Å². The molecule has 0 bridgehead atoms. The van der Waals surface area contributed by atoms with Crippen molar-refractivity contribution < 1.29 is 18.1 Å². The number of anilines is 1. The van der Waals surface area contributed by atoms with E-state index in [0.717, 1.165) is 5.69 Å². The van der Waals surface area contributed by atoms with Crippen molar-refractivity contribution in [2.75, 3.05) is 18.0 Å². The van der Waals surface area contributed by atoms with Crippen molar-refractivity contribution in [3.8, 4) is 0 Å². The molecule has 20 heavy (non-hydrogen) atoms. The Morgan fingerprint density at radius 1 is 1.30 bits per heavy atom. The zero-order chi connectivity index (χ0) is 14.9. The third kappa shape index (κ3) is 3.02. The largest absolute Gasteiger partial charge is 0.391 e. The van der Waals surface area contributed by atoms with Gasteiger partial charge >= 0.3 is 6.18 Å². The van der Waals surface area contributed by atoms with E-state index in [4.69, 9.17) is 0 Å². The zero-order valence-corrected chi connectivity index (χ0v) is 11.0. The fourth-order valence-corrected chi connectivity index (χ4v) is 2.51. The fraction of sp³-hybridized carbons (Fsp3) is 0.538. The van der Waals surface area contributed by atoms with Crippen LogP contribution in [0.4, 0.5) is 24.5 Å². The molecule has 0 amide bonds. The maximum atomic E-state index is 12.6. The Morgan fingerprint density at radius 3 is 2.35 bits per heavy atom. The highest BCUT2D eigenvalue weighted by Gasteiger charge is 2.41. The maximum absolute atomic E-state index is 12.6. The highest BCUT2D eigenvalue weighted by molar-refractivity contribution is 5.55.